The van der Waals surface area contributed by atoms with Gasteiger partial charge < -0.3 is 15.0 Å². The zero-order valence-electron chi connectivity index (χ0n) is 18.7. The topological polar surface area (TPSA) is 96.4 Å². The highest BCUT2D eigenvalue weighted by molar-refractivity contribution is 6.32. The van der Waals surface area contributed by atoms with Crippen LogP contribution in [0.1, 0.15) is 48.9 Å². The van der Waals surface area contributed by atoms with Crippen molar-refractivity contribution < 1.29 is 9.53 Å². The van der Waals surface area contributed by atoms with E-state index in [1.807, 2.05) is 4.90 Å². The predicted octanol–water partition coefficient (Wildman–Crippen LogP) is 2.58. The zero-order valence-corrected chi connectivity index (χ0v) is 19.5. The molecule has 178 valence electrons. The lowest BCUT2D eigenvalue weighted by molar-refractivity contribution is 0.00596. The van der Waals surface area contributed by atoms with Crippen molar-refractivity contribution in [2.24, 2.45) is 5.92 Å². The minimum absolute atomic E-state index is 0.102. The van der Waals surface area contributed by atoms with Gasteiger partial charge in [-0.25, -0.2) is 4.79 Å². The van der Waals surface area contributed by atoms with Crippen molar-refractivity contribution in [2.45, 2.75) is 44.6 Å². The molecule has 0 atom stereocenters. The van der Waals surface area contributed by atoms with E-state index in [1.54, 1.807) is 18.2 Å². The Kier molecular flexibility index (Phi) is 8.01. The molecule has 0 saturated carbocycles. The summed E-state index contributed by atoms with van der Waals surface area (Å²) >= 11 is 6.27. The van der Waals surface area contributed by atoms with Gasteiger partial charge in [0.1, 0.15) is 0 Å². The maximum Gasteiger partial charge on any atom is 0.332 e. The van der Waals surface area contributed by atoms with Crippen molar-refractivity contribution in [2.75, 3.05) is 32.8 Å². The number of nitrogens with zero attached hydrogens (tertiary/aromatic N) is 2. The lowest BCUT2D eigenvalue weighted by Gasteiger charge is -2.32. The number of hydrogen-bond acceptors (Lipinski definition) is 5. The molecule has 2 saturated heterocycles. The van der Waals surface area contributed by atoms with Crippen LogP contribution in [0.2, 0.25) is 5.02 Å². The first-order chi connectivity index (χ1) is 16.0. The van der Waals surface area contributed by atoms with Crippen LogP contribution < -0.4 is 16.6 Å². The average molecular weight is 475 g/mol. The fourth-order valence-corrected chi connectivity index (χ4v) is 4.85. The number of nitrogens with one attached hydrogen (secondary N) is 2. The average Bonchev–Trinajstić information content (AvgIpc) is 2.83. The molecule has 2 fully saturated rings. The Bertz CT molecular complexity index is 1070. The third-order valence-corrected chi connectivity index (χ3v) is 6.89. The van der Waals surface area contributed by atoms with E-state index in [-0.39, 0.29) is 12.0 Å². The van der Waals surface area contributed by atoms with Crippen molar-refractivity contribution in [1.29, 1.82) is 0 Å². The second-order valence-electron chi connectivity index (χ2n) is 8.84. The molecule has 8 nitrogen and oxygen atoms in total. The number of H-pyrrole nitrogens is 1. The lowest BCUT2D eigenvalue weighted by atomic mass is 9.93. The quantitative estimate of drug-likeness (QED) is 0.601. The molecule has 2 aliphatic heterocycles. The highest BCUT2D eigenvalue weighted by Crippen LogP contribution is 2.23. The molecule has 0 unspecified atom stereocenters. The summed E-state index contributed by atoms with van der Waals surface area (Å²) in [6, 6.07) is 6.09. The van der Waals surface area contributed by atoms with E-state index in [0.717, 1.165) is 44.9 Å². The Morgan fingerprint density at radius 2 is 1.85 bits per heavy atom. The second-order valence-corrected chi connectivity index (χ2v) is 9.25. The van der Waals surface area contributed by atoms with Crippen molar-refractivity contribution >= 4 is 17.5 Å². The standard InChI is InChI=1S/C24H31ClN4O4/c25-20-4-3-18(16-21(20)29-14-9-22(30)27-24(29)32)23(31)28-12-7-19(8-13-28)33-15-1-2-17-5-10-26-11-6-17/h3-4,9,14,16-17,19,26H,1-2,5-8,10-13,15H2,(H,27,30,32). The summed E-state index contributed by atoms with van der Waals surface area (Å²) in [7, 11) is 0. The molecule has 0 aliphatic carbocycles. The SMILES string of the molecule is O=C(c1ccc(Cl)c(-n2ccc(=O)[nH]c2=O)c1)N1CCC(OCCCC2CCNCC2)CC1. The van der Waals surface area contributed by atoms with Crippen LogP contribution in [0.5, 0.6) is 0 Å². The van der Waals surface area contributed by atoms with Gasteiger partial charge in [0.15, 0.2) is 0 Å². The van der Waals surface area contributed by atoms with E-state index in [4.69, 9.17) is 16.3 Å². The smallest absolute Gasteiger partial charge is 0.332 e. The molecule has 2 N–H and O–H groups in total. The largest absolute Gasteiger partial charge is 0.378 e. The number of likely N-dealkylation sites (tertiary alicyclic amines) is 1. The van der Waals surface area contributed by atoms with Crippen LogP contribution in [-0.4, -0.2) is 59.2 Å². The van der Waals surface area contributed by atoms with Gasteiger partial charge in [0, 0.05) is 37.5 Å². The molecular weight excluding hydrogens is 444 g/mol. The number of halogens is 1. The van der Waals surface area contributed by atoms with E-state index in [9.17, 15) is 14.4 Å². The van der Waals surface area contributed by atoms with E-state index in [2.05, 4.69) is 10.3 Å². The predicted molar refractivity (Wildman–Crippen MR) is 127 cm³/mol. The fraction of sp³-hybridized carbons (Fsp3) is 0.542. The van der Waals surface area contributed by atoms with Crippen LogP contribution in [0.25, 0.3) is 5.69 Å². The molecule has 3 heterocycles. The number of carbonyl (C=O) groups excluding carboxylic acids is 1. The first-order valence-corrected chi connectivity index (χ1v) is 12.1. The number of amides is 1. The minimum Gasteiger partial charge on any atom is -0.378 e. The van der Waals surface area contributed by atoms with E-state index < -0.39 is 11.2 Å². The third-order valence-electron chi connectivity index (χ3n) is 6.57. The van der Waals surface area contributed by atoms with Crippen molar-refractivity contribution in [3.63, 3.8) is 0 Å². The maximum absolute atomic E-state index is 13.1. The van der Waals surface area contributed by atoms with Crippen molar-refractivity contribution in [3.8, 4) is 5.69 Å². The van der Waals surface area contributed by atoms with Crippen LogP contribution >= 0.6 is 11.6 Å². The molecule has 0 spiro atoms. The first-order valence-electron chi connectivity index (χ1n) is 11.7. The first kappa shape index (κ1) is 23.7. The summed E-state index contributed by atoms with van der Waals surface area (Å²) < 4.78 is 7.31. The summed E-state index contributed by atoms with van der Waals surface area (Å²) in [6.45, 7) is 4.32. The molecule has 1 aromatic carbocycles. The van der Waals surface area contributed by atoms with Gasteiger partial charge in [0.05, 0.1) is 16.8 Å². The van der Waals surface area contributed by atoms with Gasteiger partial charge in [-0.1, -0.05) is 11.6 Å². The zero-order chi connectivity index (χ0) is 23.2. The normalized spacial score (nSPS) is 17.9. The maximum atomic E-state index is 13.1. The number of aromatic nitrogens is 2. The summed E-state index contributed by atoms with van der Waals surface area (Å²) in [6.07, 6.45) is 8.05. The molecule has 0 radical (unpaired) electrons. The number of carbonyl (C=O) groups is 1. The third kappa shape index (κ3) is 6.13. The van der Waals surface area contributed by atoms with Gasteiger partial charge in [-0.05, 0) is 75.7 Å². The molecule has 2 aromatic rings. The fourth-order valence-electron chi connectivity index (χ4n) is 4.64. The molecule has 4 rings (SSSR count). The Hall–Kier alpha value is -2.42. The Morgan fingerprint density at radius 3 is 2.58 bits per heavy atom. The molecule has 1 amide bonds. The van der Waals surface area contributed by atoms with Gasteiger partial charge in [0.25, 0.3) is 11.5 Å². The van der Waals surface area contributed by atoms with Crippen LogP contribution in [0.15, 0.2) is 40.1 Å². The van der Waals surface area contributed by atoms with Crippen molar-refractivity contribution in [3.05, 3.63) is 61.9 Å². The number of aromatic amines is 1. The lowest BCUT2D eigenvalue weighted by Crippen LogP contribution is -2.41. The van der Waals surface area contributed by atoms with Gasteiger partial charge in [0.2, 0.25) is 0 Å². The van der Waals surface area contributed by atoms with Gasteiger partial charge in [-0.3, -0.25) is 19.1 Å². The van der Waals surface area contributed by atoms with Gasteiger partial charge >= 0.3 is 5.69 Å². The van der Waals surface area contributed by atoms with E-state index in [1.165, 1.54) is 36.1 Å². The van der Waals surface area contributed by atoms with Crippen molar-refractivity contribution in [1.82, 2.24) is 19.8 Å². The molecule has 9 heteroatoms. The summed E-state index contributed by atoms with van der Waals surface area (Å²) in [5.74, 6) is 0.723. The van der Waals surface area contributed by atoms with Crippen LogP contribution in [0, 0.1) is 5.92 Å². The Morgan fingerprint density at radius 1 is 1.09 bits per heavy atom. The molecule has 1 aromatic heterocycles. The Labute approximate surface area is 197 Å². The molecular formula is C24H31ClN4O4. The summed E-state index contributed by atoms with van der Waals surface area (Å²) in [4.78, 5) is 40.6. The second kappa shape index (κ2) is 11.1. The van der Waals surface area contributed by atoms with E-state index >= 15 is 0 Å². The van der Waals surface area contributed by atoms with Gasteiger partial charge in [-0.15, -0.1) is 0 Å². The molecule has 33 heavy (non-hydrogen) atoms. The molecule has 2 aliphatic rings. The van der Waals surface area contributed by atoms with Crippen LogP contribution in [0.4, 0.5) is 0 Å². The number of hydrogen-bond donors (Lipinski definition) is 2. The highest BCUT2D eigenvalue weighted by Gasteiger charge is 2.25. The molecule has 0 bridgehead atoms. The highest BCUT2D eigenvalue weighted by atomic mass is 35.5. The minimum atomic E-state index is -0.605. The monoisotopic (exact) mass is 474 g/mol. The van der Waals surface area contributed by atoms with Crippen LogP contribution in [-0.2, 0) is 4.74 Å². The van der Waals surface area contributed by atoms with E-state index in [0.29, 0.717) is 29.4 Å². The number of ether oxygens (including phenoxy) is 1. The summed E-state index contributed by atoms with van der Waals surface area (Å²) in [5.41, 5.74) is -0.285. The Balaban J connectivity index is 1.29. The number of piperidine rings is 2. The number of rotatable bonds is 7. The van der Waals surface area contributed by atoms with Crippen LogP contribution in [0.3, 0.4) is 0 Å². The van der Waals surface area contributed by atoms with Gasteiger partial charge in [-0.2, -0.15) is 0 Å². The number of benzene rings is 1. The summed E-state index contributed by atoms with van der Waals surface area (Å²) in [5, 5.41) is 3.72.